The number of rotatable bonds is 4. The minimum Gasteiger partial charge on any atom is -0.351 e. The Morgan fingerprint density at radius 3 is 2.52 bits per heavy atom. The number of H-pyrrole nitrogens is 2. The van der Waals surface area contributed by atoms with Crippen molar-refractivity contribution in [1.29, 1.82) is 0 Å². The lowest BCUT2D eigenvalue weighted by Gasteiger charge is -2.27. The lowest BCUT2D eigenvalue weighted by molar-refractivity contribution is 0.0694. The number of hydrogen-bond acceptors (Lipinski definition) is 3. The van der Waals surface area contributed by atoms with Gasteiger partial charge < -0.3 is 9.88 Å². The van der Waals surface area contributed by atoms with Gasteiger partial charge in [-0.3, -0.25) is 9.59 Å². The number of aromatic amines is 2. The Bertz CT molecular complexity index is 1260. The SMILES string of the molecule is CCN(C(=O)c1cc2ccccc2[nH]1)C(C)c1n[nH]c(=O)c2cc(F)c(F)cc12. The topological polar surface area (TPSA) is 81.8 Å². The van der Waals surface area contributed by atoms with Crippen molar-refractivity contribution >= 4 is 27.6 Å². The first-order valence-corrected chi connectivity index (χ1v) is 9.16. The highest BCUT2D eigenvalue weighted by Crippen LogP contribution is 2.27. The molecule has 2 heterocycles. The van der Waals surface area contributed by atoms with Crippen LogP contribution in [-0.2, 0) is 0 Å². The highest BCUT2D eigenvalue weighted by Gasteiger charge is 2.26. The molecule has 0 saturated heterocycles. The van der Waals surface area contributed by atoms with Crippen LogP contribution in [0.1, 0.15) is 36.1 Å². The molecule has 0 saturated carbocycles. The van der Waals surface area contributed by atoms with E-state index in [4.69, 9.17) is 0 Å². The van der Waals surface area contributed by atoms with Gasteiger partial charge in [-0.15, -0.1) is 0 Å². The van der Waals surface area contributed by atoms with Crippen LogP contribution < -0.4 is 5.56 Å². The second kappa shape index (κ2) is 7.12. The number of hydrogen-bond donors (Lipinski definition) is 2. The predicted molar refractivity (Wildman–Crippen MR) is 106 cm³/mol. The van der Waals surface area contributed by atoms with Gasteiger partial charge in [-0.2, -0.15) is 5.10 Å². The molecule has 1 unspecified atom stereocenters. The summed E-state index contributed by atoms with van der Waals surface area (Å²) in [7, 11) is 0. The second-order valence-corrected chi connectivity index (χ2v) is 6.79. The third-order valence-corrected chi connectivity index (χ3v) is 5.08. The fourth-order valence-corrected chi connectivity index (χ4v) is 3.58. The minimum absolute atomic E-state index is 0.0186. The van der Waals surface area contributed by atoms with Crippen molar-refractivity contribution in [1.82, 2.24) is 20.1 Å². The molecule has 1 atom stereocenters. The highest BCUT2D eigenvalue weighted by atomic mass is 19.2. The maximum atomic E-state index is 13.8. The third-order valence-electron chi connectivity index (χ3n) is 5.08. The molecule has 0 aliphatic rings. The lowest BCUT2D eigenvalue weighted by Crippen LogP contribution is -2.34. The van der Waals surface area contributed by atoms with Crippen LogP contribution in [0.4, 0.5) is 8.78 Å². The van der Waals surface area contributed by atoms with Crippen LogP contribution in [-0.4, -0.2) is 32.5 Å². The summed E-state index contributed by atoms with van der Waals surface area (Å²) in [6.45, 7) is 3.89. The Balaban J connectivity index is 1.78. The molecule has 1 amide bonds. The Kier molecular flexibility index (Phi) is 4.62. The van der Waals surface area contributed by atoms with Crippen LogP contribution in [0.15, 0.2) is 47.3 Å². The molecule has 2 aromatic heterocycles. The van der Waals surface area contributed by atoms with Crippen LogP contribution in [0.25, 0.3) is 21.7 Å². The van der Waals surface area contributed by atoms with Crippen molar-refractivity contribution in [2.24, 2.45) is 0 Å². The van der Waals surface area contributed by atoms with Crippen LogP contribution in [0.2, 0.25) is 0 Å². The Hall–Kier alpha value is -3.55. The molecule has 148 valence electrons. The number of nitrogens with one attached hydrogen (secondary N) is 2. The van der Waals surface area contributed by atoms with E-state index in [-0.39, 0.29) is 22.4 Å². The van der Waals surface area contributed by atoms with E-state index in [1.165, 1.54) is 0 Å². The molecule has 0 fully saturated rings. The van der Waals surface area contributed by atoms with Crippen LogP contribution in [0.3, 0.4) is 0 Å². The number of fused-ring (bicyclic) bond motifs is 2. The Morgan fingerprint density at radius 2 is 1.83 bits per heavy atom. The number of halogens is 2. The molecule has 4 rings (SSSR count). The number of carbonyl (C=O) groups excluding carboxylic acids is 1. The summed E-state index contributed by atoms with van der Waals surface area (Å²) in [4.78, 5) is 29.8. The molecule has 4 aromatic rings. The van der Waals surface area contributed by atoms with E-state index < -0.39 is 23.2 Å². The molecule has 0 aliphatic heterocycles. The number of aromatic nitrogens is 3. The molecule has 8 heteroatoms. The maximum absolute atomic E-state index is 13.8. The predicted octanol–water partition coefficient (Wildman–Crippen LogP) is 3.91. The van der Waals surface area contributed by atoms with Gasteiger partial charge in [0, 0.05) is 22.8 Å². The fraction of sp³-hybridized carbons (Fsp3) is 0.190. The monoisotopic (exact) mass is 396 g/mol. The molecular weight excluding hydrogens is 378 g/mol. The summed E-state index contributed by atoms with van der Waals surface area (Å²) in [5, 5.41) is 7.40. The van der Waals surface area contributed by atoms with Gasteiger partial charge in [0.15, 0.2) is 11.6 Å². The molecule has 2 aromatic carbocycles. The molecule has 0 radical (unpaired) electrons. The fourth-order valence-electron chi connectivity index (χ4n) is 3.58. The molecule has 0 spiro atoms. The average Bonchev–Trinajstić information content (AvgIpc) is 3.14. The van der Waals surface area contributed by atoms with Crippen LogP contribution >= 0.6 is 0 Å². The van der Waals surface area contributed by atoms with Gasteiger partial charge in [0.1, 0.15) is 5.69 Å². The Morgan fingerprint density at radius 1 is 1.14 bits per heavy atom. The van der Waals surface area contributed by atoms with E-state index in [0.29, 0.717) is 12.2 Å². The zero-order chi connectivity index (χ0) is 20.7. The molecule has 0 aliphatic carbocycles. The van der Waals surface area contributed by atoms with Crippen molar-refractivity contribution in [3.05, 3.63) is 75.8 Å². The van der Waals surface area contributed by atoms with Crippen molar-refractivity contribution in [2.45, 2.75) is 19.9 Å². The van der Waals surface area contributed by atoms with E-state index in [9.17, 15) is 18.4 Å². The van der Waals surface area contributed by atoms with E-state index in [1.807, 2.05) is 31.2 Å². The molecular formula is C21H18F2N4O2. The summed E-state index contributed by atoms with van der Waals surface area (Å²) in [5.74, 6) is -2.46. The third kappa shape index (κ3) is 3.16. The summed E-state index contributed by atoms with van der Waals surface area (Å²) < 4.78 is 27.5. The zero-order valence-electron chi connectivity index (χ0n) is 15.8. The van der Waals surface area contributed by atoms with Gasteiger partial charge in [-0.25, -0.2) is 13.9 Å². The molecule has 2 N–H and O–H groups in total. The number of nitrogens with zero attached hydrogens (tertiary/aromatic N) is 2. The lowest BCUT2D eigenvalue weighted by atomic mass is 10.0. The van der Waals surface area contributed by atoms with Crippen molar-refractivity contribution < 1.29 is 13.6 Å². The van der Waals surface area contributed by atoms with E-state index in [1.54, 1.807) is 17.9 Å². The molecule has 6 nitrogen and oxygen atoms in total. The smallest absolute Gasteiger partial charge is 0.272 e. The number of carbonyl (C=O) groups is 1. The molecule has 29 heavy (non-hydrogen) atoms. The largest absolute Gasteiger partial charge is 0.351 e. The van der Waals surface area contributed by atoms with E-state index >= 15 is 0 Å². The standard InChI is InChI=1S/C21H18F2N4O2/c1-3-27(21(29)18-8-12-6-4-5-7-17(12)24-18)11(2)19-13-9-15(22)16(23)10-14(13)20(28)26-25-19/h4-11,24H,3H2,1-2H3,(H,26,28). The molecule has 0 bridgehead atoms. The quantitative estimate of drug-likeness (QED) is 0.549. The average molecular weight is 396 g/mol. The first-order chi connectivity index (χ1) is 13.9. The van der Waals surface area contributed by atoms with E-state index in [0.717, 1.165) is 23.0 Å². The van der Waals surface area contributed by atoms with Gasteiger partial charge in [-0.05, 0) is 38.1 Å². The zero-order valence-corrected chi connectivity index (χ0v) is 15.8. The van der Waals surface area contributed by atoms with Crippen molar-refractivity contribution in [3.8, 4) is 0 Å². The van der Waals surface area contributed by atoms with Crippen molar-refractivity contribution in [2.75, 3.05) is 6.54 Å². The first kappa shape index (κ1) is 18.8. The van der Waals surface area contributed by atoms with Crippen LogP contribution in [0.5, 0.6) is 0 Å². The second-order valence-electron chi connectivity index (χ2n) is 6.79. The summed E-state index contributed by atoms with van der Waals surface area (Å²) >= 11 is 0. The highest BCUT2D eigenvalue weighted by molar-refractivity contribution is 5.98. The van der Waals surface area contributed by atoms with Crippen molar-refractivity contribution in [3.63, 3.8) is 0 Å². The first-order valence-electron chi connectivity index (χ1n) is 9.16. The van der Waals surface area contributed by atoms with Gasteiger partial charge >= 0.3 is 0 Å². The van der Waals surface area contributed by atoms with Gasteiger partial charge in [0.05, 0.1) is 17.1 Å². The minimum atomic E-state index is -1.12. The maximum Gasteiger partial charge on any atom is 0.272 e. The normalized spacial score (nSPS) is 12.4. The van der Waals surface area contributed by atoms with Gasteiger partial charge in [-0.1, -0.05) is 18.2 Å². The number of amides is 1. The van der Waals surface area contributed by atoms with E-state index in [2.05, 4.69) is 15.2 Å². The summed E-state index contributed by atoms with van der Waals surface area (Å²) in [6, 6.07) is 10.5. The van der Waals surface area contributed by atoms with Gasteiger partial charge in [0.2, 0.25) is 0 Å². The summed E-state index contributed by atoms with van der Waals surface area (Å²) in [5.41, 5.74) is 0.903. The Labute approximate surface area is 164 Å². The summed E-state index contributed by atoms with van der Waals surface area (Å²) in [6.07, 6.45) is 0. The van der Waals surface area contributed by atoms with Gasteiger partial charge in [0.25, 0.3) is 11.5 Å². The number of benzene rings is 2. The number of para-hydroxylation sites is 1. The van der Waals surface area contributed by atoms with Crippen LogP contribution in [0, 0.1) is 11.6 Å².